The van der Waals surface area contributed by atoms with Crippen molar-refractivity contribution in [1.82, 2.24) is 10.2 Å². The molecule has 0 unspecified atom stereocenters. The molecule has 3 aliphatic rings. The summed E-state index contributed by atoms with van der Waals surface area (Å²) in [6.07, 6.45) is 4.56. The number of piperidine rings is 3. The molecule has 4 rings (SSSR count). The summed E-state index contributed by atoms with van der Waals surface area (Å²) in [5, 5.41) is 5.33. The summed E-state index contributed by atoms with van der Waals surface area (Å²) in [5.41, 5.74) is 1.13. The molecule has 8 heteroatoms. The Hall–Kier alpha value is -2.48. The van der Waals surface area contributed by atoms with Gasteiger partial charge in [0.25, 0.3) is 0 Å². The lowest BCUT2D eigenvalue weighted by molar-refractivity contribution is -0.133. The van der Waals surface area contributed by atoms with Crippen molar-refractivity contribution in [2.24, 2.45) is 5.92 Å². The Morgan fingerprint density at radius 1 is 1.06 bits per heavy atom. The highest BCUT2D eigenvalue weighted by molar-refractivity contribution is 6.01. The van der Waals surface area contributed by atoms with Gasteiger partial charge in [0.1, 0.15) is 17.6 Å². The van der Waals surface area contributed by atoms with E-state index in [0.29, 0.717) is 29.6 Å². The van der Waals surface area contributed by atoms with Gasteiger partial charge in [-0.25, -0.2) is 4.39 Å². The molecular weight excluding hydrogens is 399 g/mol. The van der Waals surface area contributed by atoms with Crippen molar-refractivity contribution in [3.63, 3.8) is 0 Å². The van der Waals surface area contributed by atoms with Crippen molar-refractivity contribution in [1.29, 1.82) is 0 Å². The molecule has 7 nitrogen and oxygen atoms in total. The monoisotopic (exact) mass is 430 g/mol. The van der Waals surface area contributed by atoms with Crippen LogP contribution in [0.25, 0.3) is 0 Å². The van der Waals surface area contributed by atoms with Crippen molar-refractivity contribution >= 4 is 29.0 Å². The normalized spacial score (nSPS) is 24.2. The number of anilines is 2. The average molecular weight is 431 g/mol. The van der Waals surface area contributed by atoms with Gasteiger partial charge in [-0.1, -0.05) is 0 Å². The summed E-state index contributed by atoms with van der Waals surface area (Å²) >= 11 is 0. The minimum Gasteiger partial charge on any atom is -0.374 e. The number of hydrogen-bond acceptors (Lipinski definition) is 6. The van der Waals surface area contributed by atoms with Crippen LogP contribution in [0.5, 0.6) is 0 Å². The summed E-state index contributed by atoms with van der Waals surface area (Å²) in [7, 11) is 0. The minimum absolute atomic E-state index is 0.220. The number of nitrogens with zero attached hydrogens (tertiary/aromatic N) is 2. The van der Waals surface area contributed by atoms with Gasteiger partial charge >= 0.3 is 0 Å². The summed E-state index contributed by atoms with van der Waals surface area (Å²) in [5.74, 6) is -0.414. The number of hydrogen-bond donors (Lipinski definition) is 2. The largest absolute Gasteiger partial charge is 0.374 e. The van der Waals surface area contributed by atoms with Crippen molar-refractivity contribution in [3.8, 4) is 0 Å². The van der Waals surface area contributed by atoms with E-state index < -0.39 is 6.04 Å². The van der Waals surface area contributed by atoms with Crippen LogP contribution in [0.15, 0.2) is 18.2 Å². The first-order valence-corrected chi connectivity index (χ1v) is 11.3. The highest BCUT2D eigenvalue weighted by atomic mass is 19.1. The first-order valence-electron chi connectivity index (χ1n) is 11.3. The lowest BCUT2D eigenvalue weighted by Gasteiger charge is -2.42. The van der Waals surface area contributed by atoms with Gasteiger partial charge in [0.05, 0.1) is 5.69 Å². The minimum atomic E-state index is -0.522. The lowest BCUT2D eigenvalue weighted by Crippen LogP contribution is -2.48. The van der Waals surface area contributed by atoms with Crippen molar-refractivity contribution in [2.75, 3.05) is 36.4 Å². The van der Waals surface area contributed by atoms with Gasteiger partial charge in [-0.2, -0.15) is 0 Å². The number of imide groups is 1. The number of benzene rings is 1. The Balaban J connectivity index is 1.30. The third-order valence-corrected chi connectivity index (χ3v) is 6.95. The molecule has 0 bridgehead atoms. The molecule has 0 aliphatic carbocycles. The van der Waals surface area contributed by atoms with E-state index in [2.05, 4.69) is 20.4 Å². The van der Waals surface area contributed by atoms with E-state index in [1.165, 1.54) is 6.07 Å². The number of amides is 2. The molecule has 0 aromatic heterocycles. The van der Waals surface area contributed by atoms with Gasteiger partial charge in [-0.15, -0.1) is 0 Å². The zero-order valence-electron chi connectivity index (χ0n) is 18.0. The molecule has 1 aromatic rings. The van der Waals surface area contributed by atoms with Gasteiger partial charge in [-0.05, 0) is 70.3 Å². The number of nitrogens with one attached hydrogen (secondary N) is 2. The van der Waals surface area contributed by atoms with E-state index in [4.69, 9.17) is 0 Å². The van der Waals surface area contributed by atoms with Crippen LogP contribution in [0.4, 0.5) is 15.8 Å². The first-order chi connectivity index (χ1) is 14.9. The molecule has 1 aromatic carbocycles. The Labute approximate surface area is 182 Å². The molecule has 3 saturated heterocycles. The molecule has 3 heterocycles. The molecule has 2 amide bonds. The molecule has 0 radical (unpaired) electrons. The molecular formula is C23H31FN4O3. The number of carbonyl (C=O) groups is 3. The Morgan fingerprint density at radius 3 is 2.39 bits per heavy atom. The molecule has 3 fully saturated rings. The van der Waals surface area contributed by atoms with Gasteiger partial charge in [0.15, 0.2) is 0 Å². The van der Waals surface area contributed by atoms with Crippen molar-refractivity contribution < 1.29 is 18.8 Å². The fourth-order valence-corrected chi connectivity index (χ4v) is 5.03. The topological polar surface area (TPSA) is 81.8 Å². The molecule has 31 heavy (non-hydrogen) atoms. The highest BCUT2D eigenvalue weighted by Gasteiger charge is 2.30. The SMILES string of the molecule is CC(=O)C1CCN(C2CCN(c3ccc(N[C@@H]4CCC(=O)NC4=O)cc3F)CC2)CC1. The van der Waals surface area contributed by atoms with Gasteiger partial charge in [0.2, 0.25) is 11.8 Å². The quantitative estimate of drug-likeness (QED) is 0.698. The van der Waals surface area contributed by atoms with Crippen LogP contribution in [0.2, 0.25) is 0 Å². The van der Waals surface area contributed by atoms with Crippen LogP contribution in [0.1, 0.15) is 45.4 Å². The maximum absolute atomic E-state index is 14.8. The number of likely N-dealkylation sites (tertiary alicyclic amines) is 1. The summed E-state index contributed by atoms with van der Waals surface area (Å²) in [6, 6.07) is 4.97. The van der Waals surface area contributed by atoms with E-state index in [0.717, 1.165) is 51.9 Å². The highest BCUT2D eigenvalue weighted by Crippen LogP contribution is 2.29. The number of rotatable bonds is 5. The number of halogens is 1. The molecule has 168 valence electrons. The average Bonchev–Trinajstić information content (AvgIpc) is 2.76. The van der Waals surface area contributed by atoms with E-state index >= 15 is 0 Å². The number of ketones is 1. The van der Waals surface area contributed by atoms with Crippen LogP contribution in [-0.2, 0) is 14.4 Å². The van der Waals surface area contributed by atoms with Crippen LogP contribution in [0, 0.1) is 11.7 Å². The van der Waals surface area contributed by atoms with Crippen molar-refractivity contribution in [2.45, 2.75) is 57.5 Å². The third kappa shape index (κ3) is 5.06. The molecule has 3 aliphatic heterocycles. The zero-order valence-corrected chi connectivity index (χ0v) is 18.0. The second-order valence-corrected chi connectivity index (χ2v) is 8.95. The Kier molecular flexibility index (Phi) is 6.55. The standard InChI is InChI=1S/C23H31FN4O3/c1-15(29)16-6-10-27(11-7-16)18-8-12-28(13-9-18)21-4-2-17(14-19(21)24)25-20-3-5-22(30)26-23(20)31/h2,4,14,16,18,20,25H,3,5-13H2,1H3,(H,26,30,31)/t20-/m1/s1. The summed E-state index contributed by atoms with van der Waals surface area (Å²) in [6.45, 7) is 5.25. The maximum Gasteiger partial charge on any atom is 0.249 e. The van der Waals surface area contributed by atoms with Crippen LogP contribution >= 0.6 is 0 Å². The fourth-order valence-electron chi connectivity index (χ4n) is 5.03. The lowest BCUT2D eigenvalue weighted by atomic mass is 9.91. The predicted octanol–water partition coefficient (Wildman–Crippen LogP) is 2.31. The van der Waals surface area contributed by atoms with E-state index in [1.807, 2.05) is 0 Å². The van der Waals surface area contributed by atoms with Gasteiger partial charge < -0.3 is 15.1 Å². The predicted molar refractivity (Wildman–Crippen MR) is 116 cm³/mol. The fraction of sp³-hybridized carbons (Fsp3) is 0.609. The van der Waals surface area contributed by atoms with E-state index in [-0.39, 0.29) is 30.0 Å². The maximum atomic E-state index is 14.8. The van der Waals surface area contributed by atoms with Gasteiger partial charge in [0, 0.05) is 37.2 Å². The first kappa shape index (κ1) is 21.7. The van der Waals surface area contributed by atoms with E-state index in [1.54, 1.807) is 19.1 Å². The van der Waals surface area contributed by atoms with Crippen molar-refractivity contribution in [3.05, 3.63) is 24.0 Å². The second-order valence-electron chi connectivity index (χ2n) is 8.95. The smallest absolute Gasteiger partial charge is 0.249 e. The zero-order chi connectivity index (χ0) is 22.0. The van der Waals surface area contributed by atoms with E-state index in [9.17, 15) is 18.8 Å². The van der Waals surface area contributed by atoms with Crippen LogP contribution in [0.3, 0.4) is 0 Å². The molecule has 0 saturated carbocycles. The summed E-state index contributed by atoms with van der Waals surface area (Å²) < 4.78 is 14.8. The third-order valence-electron chi connectivity index (χ3n) is 6.95. The van der Waals surface area contributed by atoms with Crippen LogP contribution in [-0.4, -0.2) is 60.8 Å². The molecule has 1 atom stereocenters. The Morgan fingerprint density at radius 2 is 1.77 bits per heavy atom. The van der Waals surface area contributed by atoms with Crippen LogP contribution < -0.4 is 15.5 Å². The summed E-state index contributed by atoms with van der Waals surface area (Å²) in [4.78, 5) is 39.3. The second kappa shape index (κ2) is 9.34. The number of carbonyl (C=O) groups excluding carboxylic acids is 3. The molecule has 2 N–H and O–H groups in total. The number of Topliss-reactive ketones (excluding diaryl/α,β-unsaturated/α-hetero) is 1. The Bertz CT molecular complexity index is 845. The van der Waals surface area contributed by atoms with Gasteiger partial charge in [-0.3, -0.25) is 19.7 Å². The molecule has 0 spiro atoms.